The number of amides is 1. The molecule has 3 N–H and O–H groups in total. The molecule has 1 aliphatic rings. The Hall–Kier alpha value is -2.82. The Labute approximate surface area is 198 Å². The second kappa shape index (κ2) is 10.7. The van der Waals surface area contributed by atoms with Crippen LogP contribution in [0.4, 0.5) is 17.5 Å². The number of ether oxygens (including phenoxy) is 1. The predicted octanol–water partition coefficient (Wildman–Crippen LogP) is 3.06. The summed E-state index contributed by atoms with van der Waals surface area (Å²) in [4.78, 5) is 26.4. The summed E-state index contributed by atoms with van der Waals surface area (Å²) in [5.41, 5.74) is 6.95. The number of likely N-dealkylation sites (N-methyl/N-ethyl adjacent to an activating group) is 1. The van der Waals surface area contributed by atoms with Gasteiger partial charge in [0.25, 0.3) is 5.91 Å². The highest BCUT2D eigenvalue weighted by Gasteiger charge is 2.28. The van der Waals surface area contributed by atoms with Gasteiger partial charge in [0.1, 0.15) is 23.2 Å². The van der Waals surface area contributed by atoms with Gasteiger partial charge in [-0.15, -0.1) is 11.3 Å². The summed E-state index contributed by atoms with van der Waals surface area (Å²) in [6, 6.07) is 11.8. The molecule has 1 aliphatic heterocycles. The fourth-order valence-electron chi connectivity index (χ4n) is 3.58. The van der Waals surface area contributed by atoms with Gasteiger partial charge in [0.15, 0.2) is 0 Å². The van der Waals surface area contributed by atoms with E-state index in [4.69, 9.17) is 10.5 Å². The van der Waals surface area contributed by atoms with Gasteiger partial charge < -0.3 is 25.6 Å². The third-order valence-electron chi connectivity index (χ3n) is 5.21. The predicted molar refractivity (Wildman–Crippen MR) is 134 cm³/mol. The van der Waals surface area contributed by atoms with Gasteiger partial charge in [0.2, 0.25) is 5.95 Å². The lowest BCUT2D eigenvalue weighted by Gasteiger charge is -2.23. The summed E-state index contributed by atoms with van der Waals surface area (Å²) < 4.78 is 6.35. The molecule has 1 atom stereocenters. The largest absolute Gasteiger partial charge is 0.485 e. The number of nitrogens with one attached hydrogen (secondary N) is 1. The van der Waals surface area contributed by atoms with Crippen LogP contribution in [0.5, 0.6) is 5.75 Å². The van der Waals surface area contributed by atoms with Crippen LogP contribution in [0.25, 0.3) is 0 Å². The topological polar surface area (TPSA) is 96.6 Å². The van der Waals surface area contributed by atoms with E-state index in [0.29, 0.717) is 24.5 Å². The minimum atomic E-state index is -0.151. The van der Waals surface area contributed by atoms with Gasteiger partial charge >= 0.3 is 0 Å². The number of nitrogens with two attached hydrogens (primary N) is 1. The molecule has 0 spiro atoms. The Morgan fingerprint density at radius 3 is 2.88 bits per heavy atom. The molecular weight excluding hydrogens is 444 g/mol. The molecule has 0 saturated carbocycles. The summed E-state index contributed by atoms with van der Waals surface area (Å²) in [6.07, 6.45) is 2.30. The van der Waals surface area contributed by atoms with Gasteiger partial charge in [-0.25, -0.2) is 4.98 Å². The molecule has 0 radical (unpaired) electrons. The fraction of sp³-hybridized carbons (Fsp3) is 0.318. The first-order chi connectivity index (χ1) is 15.1. The van der Waals surface area contributed by atoms with E-state index in [1.807, 2.05) is 49.3 Å². The number of anilines is 3. The molecule has 0 aliphatic carbocycles. The molecule has 32 heavy (non-hydrogen) atoms. The lowest BCUT2D eigenvalue weighted by Crippen LogP contribution is -2.33. The van der Waals surface area contributed by atoms with Crippen molar-refractivity contribution in [1.29, 1.82) is 0 Å². The van der Waals surface area contributed by atoms with Gasteiger partial charge in [0, 0.05) is 49.4 Å². The van der Waals surface area contributed by atoms with Crippen molar-refractivity contribution in [2.24, 2.45) is 0 Å². The van der Waals surface area contributed by atoms with Crippen molar-refractivity contribution in [3.8, 4) is 5.75 Å². The summed E-state index contributed by atoms with van der Waals surface area (Å²) in [5.74, 6) is 1.29. The molecule has 0 unspecified atom stereocenters. The Morgan fingerprint density at radius 1 is 1.28 bits per heavy atom. The van der Waals surface area contributed by atoms with Crippen LogP contribution in [0, 0.1) is 0 Å². The van der Waals surface area contributed by atoms with Crippen LogP contribution in [-0.2, 0) is 0 Å². The van der Waals surface area contributed by atoms with E-state index < -0.39 is 0 Å². The average molecular weight is 473 g/mol. The number of hydrogen-bond acceptors (Lipinski definition) is 8. The van der Waals surface area contributed by atoms with Crippen molar-refractivity contribution >= 4 is 48.2 Å². The molecule has 0 bridgehead atoms. The Balaban J connectivity index is 0.00000289. The van der Waals surface area contributed by atoms with Crippen LogP contribution in [-0.4, -0.2) is 49.6 Å². The molecule has 170 valence electrons. The molecular formula is C22H28N6O2S2. The quantitative estimate of drug-likeness (QED) is 0.545. The van der Waals surface area contributed by atoms with Gasteiger partial charge in [0.05, 0.1) is 0 Å². The molecule has 10 heteroatoms. The molecule has 1 aromatic carbocycles. The molecule has 0 saturated heterocycles. The number of benzene rings is 1. The van der Waals surface area contributed by atoms with E-state index in [0.717, 1.165) is 24.4 Å². The van der Waals surface area contributed by atoms with Crippen molar-refractivity contribution in [3.05, 3.63) is 58.4 Å². The molecule has 8 nitrogen and oxygen atoms in total. The molecule has 3 heterocycles. The van der Waals surface area contributed by atoms with E-state index in [2.05, 4.69) is 26.7 Å². The lowest BCUT2D eigenvalue weighted by atomic mass is 10.2. The van der Waals surface area contributed by atoms with Crippen molar-refractivity contribution in [2.75, 3.05) is 49.3 Å². The molecule has 4 rings (SSSR count). The number of fused-ring (bicyclic) bond motifs is 1. The zero-order valence-corrected chi connectivity index (χ0v) is 19.9. The van der Waals surface area contributed by atoms with Gasteiger partial charge in [-0.1, -0.05) is 12.1 Å². The maximum atomic E-state index is 13.3. The average Bonchev–Trinajstić information content (AvgIpc) is 3.28. The monoisotopic (exact) mass is 472 g/mol. The second-order valence-corrected chi connectivity index (χ2v) is 8.33. The summed E-state index contributed by atoms with van der Waals surface area (Å²) in [7, 11) is 3.83. The fourth-order valence-corrected chi connectivity index (χ4v) is 4.36. The van der Waals surface area contributed by atoms with E-state index in [9.17, 15) is 4.79 Å². The van der Waals surface area contributed by atoms with Crippen LogP contribution >= 0.6 is 24.8 Å². The first kappa shape index (κ1) is 23.8. The van der Waals surface area contributed by atoms with E-state index >= 15 is 0 Å². The zero-order chi connectivity index (χ0) is 21.8. The number of nitrogen functional groups attached to an aromatic ring is 1. The zero-order valence-electron chi connectivity index (χ0n) is 18.1. The van der Waals surface area contributed by atoms with Gasteiger partial charge in [-0.05, 0) is 37.2 Å². The van der Waals surface area contributed by atoms with Crippen LogP contribution < -0.4 is 25.6 Å². The first-order valence-corrected chi connectivity index (χ1v) is 11.0. The number of nitrogens with zero attached hydrogens (tertiary/aromatic N) is 4. The maximum Gasteiger partial charge on any atom is 0.263 e. The Morgan fingerprint density at radius 2 is 2.12 bits per heavy atom. The Bertz CT molecular complexity index is 1050. The lowest BCUT2D eigenvalue weighted by molar-refractivity contribution is 0.0989. The van der Waals surface area contributed by atoms with Crippen LogP contribution in [0.3, 0.4) is 0 Å². The highest BCUT2D eigenvalue weighted by atomic mass is 32.1. The number of rotatable bonds is 7. The third kappa shape index (κ3) is 5.14. The Kier molecular flexibility index (Phi) is 7.94. The smallest absolute Gasteiger partial charge is 0.263 e. The minimum absolute atomic E-state index is 0. The second-order valence-electron chi connectivity index (χ2n) is 7.36. The molecule has 3 aromatic rings. The van der Waals surface area contributed by atoms with Crippen molar-refractivity contribution in [3.63, 3.8) is 0 Å². The molecule has 1 amide bonds. The van der Waals surface area contributed by atoms with Gasteiger partial charge in [-0.2, -0.15) is 18.5 Å². The van der Waals surface area contributed by atoms with E-state index in [1.165, 1.54) is 11.1 Å². The van der Waals surface area contributed by atoms with E-state index in [1.54, 1.807) is 16.2 Å². The third-order valence-corrected chi connectivity index (χ3v) is 6.17. The maximum absolute atomic E-state index is 13.3. The normalized spacial score (nSPS) is 14.4. The highest BCUT2D eigenvalue weighted by Crippen LogP contribution is 2.32. The van der Waals surface area contributed by atoms with Crippen LogP contribution in [0.1, 0.15) is 27.8 Å². The number of carbonyl (C=O) groups excluding carboxylic acids is 1. The number of hydrogen-bond donors (Lipinski definition) is 2. The standard InChI is InChI=1S/C22H26N6O2S.H2S/c1-24-9-8-18(19-7-4-12-31-19)30-16-6-3-5-15(13-16)28-11-10-27(2)20-17(21(28)29)14-25-22(23)26-20;/h3-7,12-14,18,24H,8-11H2,1-2H3,(H2,23,25,26);1H2/t18-;/m0./s1. The first-order valence-electron chi connectivity index (χ1n) is 10.2. The van der Waals surface area contributed by atoms with E-state index in [-0.39, 0.29) is 31.5 Å². The summed E-state index contributed by atoms with van der Waals surface area (Å²) in [6.45, 7) is 1.99. The van der Waals surface area contributed by atoms with Crippen molar-refractivity contribution in [2.45, 2.75) is 12.5 Å². The summed E-state index contributed by atoms with van der Waals surface area (Å²) in [5, 5.41) is 5.24. The highest BCUT2D eigenvalue weighted by molar-refractivity contribution is 7.59. The van der Waals surface area contributed by atoms with Crippen LogP contribution in [0.15, 0.2) is 48.0 Å². The minimum Gasteiger partial charge on any atom is -0.485 e. The van der Waals surface area contributed by atoms with Crippen LogP contribution in [0.2, 0.25) is 0 Å². The molecule has 0 fully saturated rings. The van der Waals surface area contributed by atoms with Gasteiger partial charge in [-0.3, -0.25) is 4.79 Å². The van der Waals surface area contributed by atoms with Crippen molar-refractivity contribution < 1.29 is 9.53 Å². The number of thiophene rings is 1. The summed E-state index contributed by atoms with van der Waals surface area (Å²) >= 11 is 1.68. The molecule has 2 aromatic heterocycles. The number of carbonyl (C=O) groups is 1. The van der Waals surface area contributed by atoms with Crippen molar-refractivity contribution in [1.82, 2.24) is 15.3 Å². The number of aromatic nitrogens is 2. The SMILES string of the molecule is CNCC[C@H](Oc1cccc(N2CCN(C)c3nc(N)ncc3C2=O)c1)c1cccs1.S.